The second kappa shape index (κ2) is 5.55. The first-order valence-electron chi connectivity index (χ1n) is 7.00. The van der Waals surface area contributed by atoms with Gasteiger partial charge in [0.2, 0.25) is 5.91 Å². The van der Waals surface area contributed by atoms with Gasteiger partial charge in [-0.15, -0.1) is 0 Å². The third-order valence-electron chi connectivity index (χ3n) is 4.25. The number of carbonyl (C=O) groups excluding carboxylic acids is 1. The van der Waals surface area contributed by atoms with Crippen LogP contribution in [0.15, 0.2) is 0 Å². The molecular formula is C13H26N4O. The molecule has 0 aliphatic carbocycles. The van der Waals surface area contributed by atoms with Crippen LogP contribution >= 0.6 is 0 Å². The van der Waals surface area contributed by atoms with E-state index in [-0.39, 0.29) is 5.91 Å². The highest BCUT2D eigenvalue weighted by molar-refractivity contribution is 5.81. The number of nitrogens with one attached hydrogen (secondary N) is 1. The van der Waals surface area contributed by atoms with Crippen molar-refractivity contribution in [2.45, 2.75) is 39.2 Å². The van der Waals surface area contributed by atoms with Crippen molar-refractivity contribution in [3.63, 3.8) is 0 Å². The van der Waals surface area contributed by atoms with Crippen LogP contribution in [0.25, 0.3) is 0 Å². The Morgan fingerprint density at radius 2 is 2.06 bits per heavy atom. The maximum Gasteiger partial charge on any atom is 0.240 e. The van der Waals surface area contributed by atoms with Gasteiger partial charge < -0.3 is 4.90 Å². The number of amides is 1. The monoisotopic (exact) mass is 254 g/mol. The molecule has 1 atom stereocenters. The van der Waals surface area contributed by atoms with Gasteiger partial charge in [-0.1, -0.05) is 0 Å². The Labute approximate surface area is 110 Å². The van der Waals surface area contributed by atoms with E-state index in [1.807, 2.05) is 13.8 Å². The zero-order valence-corrected chi connectivity index (χ0v) is 11.6. The lowest BCUT2D eigenvalue weighted by atomic mass is 9.91. The van der Waals surface area contributed by atoms with Crippen LogP contribution in [0.1, 0.15) is 33.1 Å². The highest BCUT2D eigenvalue weighted by Crippen LogP contribution is 2.24. The molecule has 2 aliphatic heterocycles. The van der Waals surface area contributed by atoms with Crippen molar-refractivity contribution in [3.8, 4) is 0 Å². The van der Waals surface area contributed by atoms with Crippen molar-refractivity contribution in [1.29, 1.82) is 0 Å². The van der Waals surface area contributed by atoms with Crippen LogP contribution in [0.5, 0.6) is 0 Å². The predicted molar refractivity (Wildman–Crippen MR) is 71.8 cm³/mol. The summed E-state index contributed by atoms with van der Waals surface area (Å²) in [6.07, 6.45) is 3.84. The van der Waals surface area contributed by atoms with Crippen LogP contribution in [0, 0.1) is 5.41 Å². The summed E-state index contributed by atoms with van der Waals surface area (Å²) in [7, 11) is 0. The van der Waals surface area contributed by atoms with Gasteiger partial charge >= 0.3 is 0 Å². The fraction of sp³-hybridized carbons (Fsp3) is 0.923. The van der Waals surface area contributed by atoms with Crippen LogP contribution in [0.2, 0.25) is 0 Å². The summed E-state index contributed by atoms with van der Waals surface area (Å²) in [5, 5.41) is 0. The maximum absolute atomic E-state index is 11.7. The molecule has 0 spiro atoms. The van der Waals surface area contributed by atoms with Gasteiger partial charge in [0.25, 0.3) is 0 Å². The first-order valence-corrected chi connectivity index (χ1v) is 7.00. The van der Waals surface area contributed by atoms with Crippen molar-refractivity contribution >= 4 is 5.91 Å². The van der Waals surface area contributed by atoms with E-state index in [9.17, 15) is 4.79 Å². The molecule has 2 aliphatic rings. The number of rotatable bonds is 3. The molecule has 104 valence electrons. The number of fused-ring (bicyclic) bond motifs is 1. The van der Waals surface area contributed by atoms with E-state index in [0.717, 1.165) is 19.6 Å². The molecule has 1 unspecified atom stereocenters. The minimum Gasteiger partial charge on any atom is -0.301 e. The lowest BCUT2D eigenvalue weighted by molar-refractivity contribution is -0.130. The fourth-order valence-electron chi connectivity index (χ4n) is 3.25. The Morgan fingerprint density at radius 3 is 2.78 bits per heavy atom. The Hall–Kier alpha value is -0.650. The minimum absolute atomic E-state index is 0.0741. The van der Waals surface area contributed by atoms with Gasteiger partial charge in [0.1, 0.15) is 0 Å². The zero-order valence-electron chi connectivity index (χ0n) is 11.6. The first-order chi connectivity index (χ1) is 8.53. The van der Waals surface area contributed by atoms with Gasteiger partial charge in [-0.3, -0.25) is 15.1 Å². The molecule has 2 saturated heterocycles. The van der Waals surface area contributed by atoms with Gasteiger partial charge in [0, 0.05) is 19.1 Å². The Morgan fingerprint density at radius 1 is 1.33 bits per heavy atom. The van der Waals surface area contributed by atoms with E-state index in [1.165, 1.54) is 32.4 Å². The summed E-state index contributed by atoms with van der Waals surface area (Å²) >= 11 is 0. The Kier molecular flexibility index (Phi) is 4.25. The summed E-state index contributed by atoms with van der Waals surface area (Å²) in [5.41, 5.74) is 1.87. The third-order valence-corrected chi connectivity index (χ3v) is 4.25. The van der Waals surface area contributed by atoms with Gasteiger partial charge in [0.05, 0.1) is 5.41 Å². The van der Waals surface area contributed by atoms with Gasteiger partial charge in [-0.05, 0) is 52.7 Å². The molecule has 0 radical (unpaired) electrons. The Bertz CT molecular complexity index is 305. The maximum atomic E-state index is 11.7. The molecule has 18 heavy (non-hydrogen) atoms. The van der Waals surface area contributed by atoms with Crippen LogP contribution in [0.4, 0.5) is 0 Å². The molecular weight excluding hydrogens is 228 g/mol. The van der Waals surface area contributed by atoms with Gasteiger partial charge in [-0.25, -0.2) is 5.84 Å². The molecule has 0 aromatic rings. The Balaban J connectivity index is 1.94. The van der Waals surface area contributed by atoms with E-state index in [0.29, 0.717) is 6.04 Å². The van der Waals surface area contributed by atoms with Crippen molar-refractivity contribution in [1.82, 2.24) is 15.2 Å². The average Bonchev–Trinajstić information content (AvgIpc) is 2.67. The van der Waals surface area contributed by atoms with Crippen molar-refractivity contribution in [2.75, 3.05) is 32.7 Å². The number of carbonyl (C=O) groups is 1. The lowest BCUT2D eigenvalue weighted by Crippen LogP contribution is -2.48. The SMILES string of the molecule is CC(C)(CN1CCCN2CCCC2C1)C(=O)NN. The molecule has 2 rings (SSSR count). The molecule has 5 heteroatoms. The lowest BCUT2D eigenvalue weighted by Gasteiger charge is -2.32. The number of hydrogen-bond acceptors (Lipinski definition) is 4. The summed E-state index contributed by atoms with van der Waals surface area (Å²) in [4.78, 5) is 16.8. The van der Waals surface area contributed by atoms with E-state index < -0.39 is 5.41 Å². The molecule has 5 nitrogen and oxygen atoms in total. The smallest absolute Gasteiger partial charge is 0.240 e. The zero-order chi connectivity index (χ0) is 13.2. The molecule has 0 aromatic carbocycles. The highest BCUT2D eigenvalue weighted by Gasteiger charge is 2.33. The average molecular weight is 254 g/mol. The largest absolute Gasteiger partial charge is 0.301 e. The van der Waals surface area contributed by atoms with E-state index in [1.54, 1.807) is 0 Å². The van der Waals surface area contributed by atoms with Crippen LogP contribution in [-0.2, 0) is 4.79 Å². The first kappa shape index (κ1) is 13.8. The second-order valence-corrected chi connectivity index (χ2v) is 6.28. The number of nitrogens with two attached hydrogens (primary N) is 1. The number of hydrazine groups is 1. The van der Waals surface area contributed by atoms with E-state index >= 15 is 0 Å². The van der Waals surface area contributed by atoms with Gasteiger partial charge in [-0.2, -0.15) is 0 Å². The topological polar surface area (TPSA) is 61.6 Å². The quantitative estimate of drug-likeness (QED) is 0.428. The van der Waals surface area contributed by atoms with Gasteiger partial charge in [0.15, 0.2) is 0 Å². The normalized spacial score (nSPS) is 26.7. The molecule has 0 bridgehead atoms. The highest BCUT2D eigenvalue weighted by atomic mass is 16.2. The molecule has 3 N–H and O–H groups in total. The molecule has 2 fully saturated rings. The van der Waals surface area contributed by atoms with Crippen LogP contribution in [-0.4, -0.2) is 54.5 Å². The molecule has 0 aromatic heterocycles. The molecule has 0 saturated carbocycles. The molecule has 2 heterocycles. The van der Waals surface area contributed by atoms with Crippen LogP contribution in [0.3, 0.4) is 0 Å². The summed E-state index contributed by atoms with van der Waals surface area (Å²) in [5.74, 6) is 5.18. The van der Waals surface area contributed by atoms with Crippen molar-refractivity contribution in [3.05, 3.63) is 0 Å². The van der Waals surface area contributed by atoms with E-state index in [2.05, 4.69) is 15.2 Å². The van der Waals surface area contributed by atoms with Crippen molar-refractivity contribution < 1.29 is 4.79 Å². The fourth-order valence-corrected chi connectivity index (χ4v) is 3.25. The summed E-state index contributed by atoms with van der Waals surface area (Å²) in [6.45, 7) is 9.38. The van der Waals surface area contributed by atoms with E-state index in [4.69, 9.17) is 5.84 Å². The van der Waals surface area contributed by atoms with Crippen LogP contribution < -0.4 is 11.3 Å². The number of nitrogens with zero attached hydrogens (tertiary/aromatic N) is 2. The second-order valence-electron chi connectivity index (χ2n) is 6.28. The third kappa shape index (κ3) is 3.02. The standard InChI is InChI=1S/C13H26N4O/c1-13(2,12(18)15-14)10-16-6-4-8-17-7-3-5-11(17)9-16/h11H,3-10,14H2,1-2H3,(H,15,18). The molecule has 1 amide bonds. The predicted octanol–water partition coefficient (Wildman–Crippen LogP) is 0.173. The van der Waals surface area contributed by atoms with Crippen molar-refractivity contribution in [2.24, 2.45) is 11.3 Å². The minimum atomic E-state index is -0.414. The number of hydrogen-bond donors (Lipinski definition) is 2. The summed E-state index contributed by atoms with van der Waals surface area (Å²) < 4.78 is 0. The summed E-state index contributed by atoms with van der Waals surface area (Å²) in [6, 6.07) is 0.698.